The van der Waals surface area contributed by atoms with Gasteiger partial charge in [-0.15, -0.1) is 13.2 Å². The molecule has 84 valence electrons. The summed E-state index contributed by atoms with van der Waals surface area (Å²) in [6.07, 6.45) is 6.15. The van der Waals surface area contributed by atoms with Crippen molar-refractivity contribution in [3.63, 3.8) is 0 Å². The molecule has 0 radical (unpaired) electrons. The Balaban J connectivity index is 2.44. The second-order valence-electron chi connectivity index (χ2n) is 4.76. The molecule has 0 spiro atoms. The number of rotatable bonds is 3. The van der Waals surface area contributed by atoms with E-state index in [2.05, 4.69) is 42.2 Å². The molecule has 1 N–H and O–H groups in total. The highest BCUT2D eigenvalue weighted by Crippen LogP contribution is 2.38. The minimum atomic E-state index is -0.978. The molecule has 1 saturated heterocycles. The van der Waals surface area contributed by atoms with Crippen molar-refractivity contribution in [3.8, 4) is 0 Å². The van der Waals surface area contributed by atoms with E-state index in [1.807, 2.05) is 6.92 Å². The fourth-order valence-electron chi connectivity index (χ4n) is 1.63. The highest BCUT2D eigenvalue weighted by molar-refractivity contribution is 14.1. The molecule has 0 saturated carbocycles. The van der Waals surface area contributed by atoms with Crippen molar-refractivity contribution in [1.29, 1.82) is 0 Å². The second-order valence-corrected chi connectivity index (χ2v) is 10.5. The third-order valence-corrected chi connectivity index (χ3v) is 5.78. The first-order valence-electron chi connectivity index (χ1n) is 4.96. The smallest absolute Gasteiger partial charge is 0.0944 e. The highest BCUT2D eigenvalue weighted by Gasteiger charge is 2.39. The maximum Gasteiger partial charge on any atom is 0.0944 e. The molecule has 2 nitrogen and oxygen atoms in total. The molecule has 1 fully saturated rings. The SMILES string of the molecule is C=P(C)(C)CCC1OC(C)[C@H](I)[C@@H]1O. The van der Waals surface area contributed by atoms with Crippen LogP contribution in [0.1, 0.15) is 13.3 Å². The Kier molecular flexibility index (Phi) is 4.51. The van der Waals surface area contributed by atoms with Gasteiger partial charge in [-0.25, -0.2) is 0 Å². The normalized spacial score (nSPS) is 38.9. The summed E-state index contributed by atoms with van der Waals surface area (Å²) in [5, 5.41) is 9.88. The van der Waals surface area contributed by atoms with Gasteiger partial charge in [0.1, 0.15) is 0 Å². The highest BCUT2D eigenvalue weighted by atomic mass is 127. The number of halogens is 1. The van der Waals surface area contributed by atoms with Gasteiger partial charge in [-0.2, -0.15) is 0 Å². The minimum Gasteiger partial charge on any atom is -0.389 e. The number of hydrogen-bond acceptors (Lipinski definition) is 2. The summed E-state index contributed by atoms with van der Waals surface area (Å²) >= 11 is 2.28. The lowest BCUT2D eigenvalue weighted by Gasteiger charge is -2.18. The first-order valence-corrected chi connectivity index (χ1v) is 9.26. The predicted molar refractivity (Wildman–Crippen MR) is 73.5 cm³/mol. The summed E-state index contributed by atoms with van der Waals surface area (Å²) in [5.74, 6) is 0. The Bertz CT molecular complexity index is 238. The van der Waals surface area contributed by atoms with Crippen LogP contribution in [0, 0.1) is 0 Å². The van der Waals surface area contributed by atoms with Crippen molar-refractivity contribution in [2.45, 2.75) is 35.6 Å². The van der Waals surface area contributed by atoms with Crippen LogP contribution in [0.3, 0.4) is 0 Å². The molecule has 0 amide bonds. The number of ether oxygens (including phenoxy) is 1. The Morgan fingerprint density at radius 3 is 2.43 bits per heavy atom. The summed E-state index contributed by atoms with van der Waals surface area (Å²) in [5.41, 5.74) is 0. The summed E-state index contributed by atoms with van der Waals surface area (Å²) < 4.78 is 5.95. The Morgan fingerprint density at radius 2 is 2.07 bits per heavy atom. The molecular formula is C10H20IO2P. The van der Waals surface area contributed by atoms with Gasteiger partial charge in [-0.1, -0.05) is 22.6 Å². The van der Waals surface area contributed by atoms with Crippen molar-refractivity contribution in [2.75, 3.05) is 19.5 Å². The van der Waals surface area contributed by atoms with Crippen LogP contribution in [0.4, 0.5) is 0 Å². The molecule has 0 aliphatic carbocycles. The van der Waals surface area contributed by atoms with Crippen molar-refractivity contribution in [1.82, 2.24) is 0 Å². The van der Waals surface area contributed by atoms with Crippen molar-refractivity contribution in [2.24, 2.45) is 0 Å². The predicted octanol–water partition coefficient (Wildman–Crippen LogP) is 2.04. The van der Waals surface area contributed by atoms with E-state index in [0.29, 0.717) is 0 Å². The molecule has 4 heteroatoms. The quantitative estimate of drug-likeness (QED) is 0.488. The zero-order chi connectivity index (χ0) is 10.9. The first-order chi connectivity index (χ1) is 6.31. The van der Waals surface area contributed by atoms with Gasteiger partial charge >= 0.3 is 0 Å². The van der Waals surface area contributed by atoms with Crippen LogP contribution in [-0.2, 0) is 4.74 Å². The Labute approximate surface area is 101 Å². The van der Waals surface area contributed by atoms with Crippen molar-refractivity contribution < 1.29 is 9.84 Å². The maximum atomic E-state index is 9.88. The second kappa shape index (κ2) is 4.86. The fraction of sp³-hybridized carbons (Fsp3) is 0.900. The summed E-state index contributed by atoms with van der Waals surface area (Å²) in [6, 6.07) is 0. The Morgan fingerprint density at radius 1 is 1.50 bits per heavy atom. The largest absolute Gasteiger partial charge is 0.389 e. The molecular weight excluding hydrogens is 310 g/mol. The molecule has 1 aliphatic rings. The van der Waals surface area contributed by atoms with E-state index in [0.717, 1.165) is 12.6 Å². The molecule has 1 rings (SSSR count). The van der Waals surface area contributed by atoms with Crippen LogP contribution < -0.4 is 0 Å². The first kappa shape index (κ1) is 13.0. The van der Waals surface area contributed by atoms with E-state index in [1.165, 1.54) is 0 Å². The van der Waals surface area contributed by atoms with Gasteiger partial charge in [0.25, 0.3) is 0 Å². The Hall–Kier alpha value is 0.950. The average Bonchev–Trinajstić information content (AvgIpc) is 2.28. The molecule has 0 bridgehead atoms. The van der Waals surface area contributed by atoms with Crippen LogP contribution in [-0.4, -0.2) is 53.1 Å². The molecule has 4 atom stereocenters. The van der Waals surface area contributed by atoms with Gasteiger partial charge in [-0.3, -0.25) is 0 Å². The van der Waals surface area contributed by atoms with E-state index >= 15 is 0 Å². The van der Waals surface area contributed by atoms with Crippen LogP contribution in [0.2, 0.25) is 0 Å². The van der Waals surface area contributed by atoms with Gasteiger partial charge < -0.3 is 9.84 Å². The molecule has 1 heterocycles. The van der Waals surface area contributed by atoms with Crippen molar-refractivity contribution >= 4 is 35.8 Å². The standard InChI is InChI=1S/C10H20IO2P/c1-7-9(11)10(12)8(13-7)5-6-14(2,3)4/h7-10,12H,2,5-6H2,1,3-4H3/t7?,8?,9-,10+/m0/s1. The van der Waals surface area contributed by atoms with E-state index < -0.39 is 6.89 Å². The number of alkyl halides is 1. The van der Waals surface area contributed by atoms with Gasteiger partial charge in [-0.05, 0) is 32.8 Å². The number of hydrogen-bond donors (Lipinski definition) is 1. The molecule has 0 aromatic carbocycles. The molecule has 0 aromatic heterocycles. The summed E-state index contributed by atoms with van der Waals surface area (Å²) in [6.45, 7) is 5.50. The van der Waals surface area contributed by atoms with Crippen LogP contribution in [0.15, 0.2) is 0 Å². The maximum absolute atomic E-state index is 9.88. The van der Waals surface area contributed by atoms with Crippen LogP contribution >= 0.6 is 29.5 Å². The monoisotopic (exact) mass is 330 g/mol. The van der Waals surface area contributed by atoms with Gasteiger partial charge in [0.15, 0.2) is 0 Å². The van der Waals surface area contributed by atoms with Crippen LogP contribution in [0.5, 0.6) is 0 Å². The lowest BCUT2D eigenvalue weighted by atomic mass is 10.1. The molecule has 14 heavy (non-hydrogen) atoms. The third kappa shape index (κ3) is 3.51. The summed E-state index contributed by atoms with van der Waals surface area (Å²) in [4.78, 5) is 0. The van der Waals surface area contributed by atoms with Gasteiger partial charge in [0.2, 0.25) is 0 Å². The number of aliphatic hydroxyl groups is 1. The number of aliphatic hydroxyl groups excluding tert-OH is 1. The zero-order valence-corrected chi connectivity index (χ0v) is 12.2. The van der Waals surface area contributed by atoms with Gasteiger partial charge in [0.05, 0.1) is 22.2 Å². The zero-order valence-electron chi connectivity index (χ0n) is 9.11. The van der Waals surface area contributed by atoms with E-state index in [9.17, 15) is 5.11 Å². The average molecular weight is 330 g/mol. The molecule has 0 aromatic rings. The van der Waals surface area contributed by atoms with E-state index in [-0.39, 0.29) is 22.2 Å². The summed E-state index contributed by atoms with van der Waals surface area (Å²) in [7, 11) is 0. The van der Waals surface area contributed by atoms with Crippen molar-refractivity contribution in [3.05, 3.63) is 0 Å². The fourth-order valence-corrected chi connectivity index (χ4v) is 3.22. The van der Waals surface area contributed by atoms with E-state index in [4.69, 9.17) is 4.74 Å². The topological polar surface area (TPSA) is 29.5 Å². The van der Waals surface area contributed by atoms with Gasteiger partial charge in [0, 0.05) is 0 Å². The minimum absolute atomic E-state index is 0.0351. The van der Waals surface area contributed by atoms with E-state index in [1.54, 1.807) is 0 Å². The van der Waals surface area contributed by atoms with Crippen LogP contribution in [0.25, 0.3) is 0 Å². The lowest BCUT2D eigenvalue weighted by Crippen LogP contribution is -2.27. The molecule has 1 aliphatic heterocycles. The third-order valence-electron chi connectivity index (χ3n) is 2.56. The lowest BCUT2D eigenvalue weighted by molar-refractivity contribution is 0.0150. The molecule has 2 unspecified atom stereocenters.